The van der Waals surface area contributed by atoms with Crippen molar-refractivity contribution in [2.24, 2.45) is 11.1 Å². The monoisotopic (exact) mass is 280 g/mol. The summed E-state index contributed by atoms with van der Waals surface area (Å²) >= 11 is 0. The van der Waals surface area contributed by atoms with Crippen molar-refractivity contribution >= 4 is 5.91 Å². The number of amides is 1. The van der Waals surface area contributed by atoms with Gasteiger partial charge in [0.05, 0.1) is 11.5 Å². The Balaban J connectivity index is 1.89. The van der Waals surface area contributed by atoms with Crippen molar-refractivity contribution in [1.29, 1.82) is 5.26 Å². The Labute approximate surface area is 120 Å². The quantitative estimate of drug-likeness (QED) is 0.771. The highest BCUT2D eigenvalue weighted by Gasteiger charge is 2.41. The lowest BCUT2D eigenvalue weighted by Crippen LogP contribution is -2.56. The van der Waals surface area contributed by atoms with E-state index in [4.69, 9.17) is 15.7 Å². The van der Waals surface area contributed by atoms with Gasteiger partial charge in [0.25, 0.3) is 0 Å². The van der Waals surface area contributed by atoms with E-state index in [0.29, 0.717) is 26.2 Å². The summed E-state index contributed by atoms with van der Waals surface area (Å²) in [5, 5.41) is 8.61. The fraction of sp³-hybridized carbons (Fsp3) is 0.857. The van der Waals surface area contributed by atoms with Crippen LogP contribution in [0, 0.1) is 16.7 Å². The average Bonchev–Trinajstić information content (AvgIpc) is 2.53. The van der Waals surface area contributed by atoms with Crippen LogP contribution in [0.5, 0.6) is 0 Å². The van der Waals surface area contributed by atoms with Crippen molar-refractivity contribution in [3.8, 4) is 6.07 Å². The van der Waals surface area contributed by atoms with Gasteiger partial charge >= 0.3 is 0 Å². The second-order valence-electron chi connectivity index (χ2n) is 5.64. The van der Waals surface area contributed by atoms with Crippen LogP contribution < -0.4 is 5.73 Å². The predicted octanol–water partition coefficient (Wildman–Crippen LogP) is -0.200. The summed E-state index contributed by atoms with van der Waals surface area (Å²) in [6.45, 7) is 5.66. The SMILES string of the molecule is N#CCCN1CCN(C(=O)C2(CN)CCOCC2)CC1. The van der Waals surface area contributed by atoms with E-state index in [2.05, 4.69) is 11.0 Å². The first-order valence-corrected chi connectivity index (χ1v) is 7.38. The van der Waals surface area contributed by atoms with E-state index in [1.807, 2.05) is 4.90 Å². The molecule has 0 unspecified atom stereocenters. The minimum atomic E-state index is -0.410. The molecule has 0 aromatic rings. The number of rotatable bonds is 4. The van der Waals surface area contributed by atoms with Gasteiger partial charge in [-0.25, -0.2) is 0 Å². The van der Waals surface area contributed by atoms with E-state index in [0.717, 1.165) is 45.6 Å². The molecule has 0 radical (unpaired) electrons. The molecule has 6 nitrogen and oxygen atoms in total. The van der Waals surface area contributed by atoms with Crippen molar-refractivity contribution in [2.75, 3.05) is 52.5 Å². The summed E-state index contributed by atoms with van der Waals surface area (Å²) in [6.07, 6.45) is 2.02. The fourth-order valence-electron chi connectivity index (χ4n) is 2.99. The zero-order valence-electron chi connectivity index (χ0n) is 12.0. The van der Waals surface area contributed by atoms with Crippen LogP contribution in [0.1, 0.15) is 19.3 Å². The van der Waals surface area contributed by atoms with Gasteiger partial charge in [-0.1, -0.05) is 0 Å². The highest BCUT2D eigenvalue weighted by atomic mass is 16.5. The highest BCUT2D eigenvalue weighted by molar-refractivity contribution is 5.83. The lowest BCUT2D eigenvalue weighted by Gasteiger charge is -2.42. The molecule has 2 rings (SSSR count). The van der Waals surface area contributed by atoms with E-state index in [1.165, 1.54) is 0 Å². The number of ether oxygens (including phenoxy) is 1. The number of piperazine rings is 1. The summed E-state index contributed by atoms with van der Waals surface area (Å²) < 4.78 is 5.36. The molecule has 2 saturated heterocycles. The third-order valence-corrected chi connectivity index (χ3v) is 4.49. The van der Waals surface area contributed by atoms with Crippen LogP contribution >= 0.6 is 0 Å². The molecule has 2 aliphatic heterocycles. The molecule has 2 aliphatic rings. The van der Waals surface area contributed by atoms with Crippen molar-refractivity contribution in [3.63, 3.8) is 0 Å². The second-order valence-corrected chi connectivity index (χ2v) is 5.64. The highest BCUT2D eigenvalue weighted by Crippen LogP contribution is 2.32. The molecule has 1 amide bonds. The normalized spacial score (nSPS) is 23.3. The van der Waals surface area contributed by atoms with Crippen molar-refractivity contribution < 1.29 is 9.53 Å². The Kier molecular flexibility index (Phi) is 5.35. The van der Waals surface area contributed by atoms with Crippen LogP contribution in [0.2, 0.25) is 0 Å². The predicted molar refractivity (Wildman–Crippen MR) is 74.8 cm³/mol. The van der Waals surface area contributed by atoms with Crippen LogP contribution in [0.4, 0.5) is 0 Å². The maximum Gasteiger partial charge on any atom is 0.230 e. The number of carbonyl (C=O) groups is 1. The second kappa shape index (κ2) is 7.02. The minimum absolute atomic E-state index is 0.197. The first-order valence-electron chi connectivity index (χ1n) is 7.38. The zero-order valence-corrected chi connectivity index (χ0v) is 12.0. The maximum atomic E-state index is 12.7. The molecule has 6 heteroatoms. The molecule has 20 heavy (non-hydrogen) atoms. The smallest absolute Gasteiger partial charge is 0.230 e. The van der Waals surface area contributed by atoms with E-state index >= 15 is 0 Å². The van der Waals surface area contributed by atoms with Crippen molar-refractivity contribution in [1.82, 2.24) is 9.80 Å². The average molecular weight is 280 g/mol. The molecule has 0 aromatic heterocycles. The molecule has 2 N–H and O–H groups in total. The summed E-state index contributed by atoms with van der Waals surface area (Å²) in [5.74, 6) is 0.197. The van der Waals surface area contributed by atoms with Gasteiger partial charge in [-0.3, -0.25) is 9.69 Å². The first-order chi connectivity index (χ1) is 9.72. The number of nitrogens with zero attached hydrogens (tertiary/aromatic N) is 3. The van der Waals surface area contributed by atoms with Gasteiger partial charge in [0.1, 0.15) is 0 Å². The van der Waals surface area contributed by atoms with Gasteiger partial charge < -0.3 is 15.4 Å². The number of nitriles is 1. The Morgan fingerprint density at radius 3 is 2.45 bits per heavy atom. The van der Waals surface area contributed by atoms with Crippen molar-refractivity contribution in [2.45, 2.75) is 19.3 Å². The Morgan fingerprint density at radius 1 is 1.25 bits per heavy atom. The molecule has 112 valence electrons. The molecule has 0 saturated carbocycles. The van der Waals surface area contributed by atoms with Crippen LogP contribution in [0.15, 0.2) is 0 Å². The molecule has 0 spiro atoms. The third kappa shape index (κ3) is 3.29. The first kappa shape index (κ1) is 15.2. The lowest BCUT2D eigenvalue weighted by atomic mass is 9.78. The Hall–Kier alpha value is -1.16. The summed E-state index contributed by atoms with van der Waals surface area (Å²) in [4.78, 5) is 16.9. The minimum Gasteiger partial charge on any atom is -0.381 e. The van der Waals surface area contributed by atoms with E-state index in [1.54, 1.807) is 0 Å². The molecular formula is C14H24N4O2. The summed E-state index contributed by atoms with van der Waals surface area (Å²) in [7, 11) is 0. The van der Waals surface area contributed by atoms with Gasteiger partial charge in [0.15, 0.2) is 0 Å². The third-order valence-electron chi connectivity index (χ3n) is 4.49. The fourth-order valence-corrected chi connectivity index (χ4v) is 2.99. The number of hydrogen-bond acceptors (Lipinski definition) is 5. The Bertz CT molecular complexity index is 366. The summed E-state index contributed by atoms with van der Waals surface area (Å²) in [5.41, 5.74) is 5.48. The van der Waals surface area contributed by atoms with Gasteiger partial charge in [-0.05, 0) is 12.8 Å². The van der Waals surface area contributed by atoms with Crippen LogP contribution in [-0.2, 0) is 9.53 Å². The largest absolute Gasteiger partial charge is 0.381 e. The van der Waals surface area contributed by atoms with Crippen molar-refractivity contribution in [3.05, 3.63) is 0 Å². The zero-order chi connectivity index (χ0) is 14.4. The number of nitrogens with two attached hydrogens (primary N) is 1. The standard InChI is InChI=1S/C14H24N4O2/c15-4-1-5-17-6-8-18(9-7-17)13(19)14(12-16)2-10-20-11-3-14/h1-3,5-12,16H2. The molecule has 0 aromatic carbocycles. The van der Waals surface area contributed by atoms with E-state index < -0.39 is 5.41 Å². The molecule has 0 bridgehead atoms. The van der Waals surface area contributed by atoms with Crippen LogP contribution in [0.25, 0.3) is 0 Å². The number of hydrogen-bond donors (Lipinski definition) is 1. The molecule has 0 atom stereocenters. The topological polar surface area (TPSA) is 82.6 Å². The van der Waals surface area contributed by atoms with Crippen LogP contribution in [0.3, 0.4) is 0 Å². The van der Waals surface area contributed by atoms with E-state index in [9.17, 15) is 4.79 Å². The van der Waals surface area contributed by atoms with Gasteiger partial charge in [0.2, 0.25) is 5.91 Å². The van der Waals surface area contributed by atoms with Crippen LogP contribution in [-0.4, -0.2) is 68.2 Å². The molecule has 2 fully saturated rings. The molecule has 0 aliphatic carbocycles. The number of carbonyl (C=O) groups excluding carboxylic acids is 1. The summed E-state index contributed by atoms with van der Waals surface area (Å²) in [6, 6.07) is 2.16. The Morgan fingerprint density at radius 2 is 1.90 bits per heavy atom. The molecular weight excluding hydrogens is 256 g/mol. The maximum absolute atomic E-state index is 12.7. The van der Waals surface area contributed by atoms with Gasteiger partial charge in [0, 0.05) is 58.9 Å². The van der Waals surface area contributed by atoms with Gasteiger partial charge in [-0.15, -0.1) is 0 Å². The molecule has 2 heterocycles. The van der Waals surface area contributed by atoms with E-state index in [-0.39, 0.29) is 5.91 Å². The lowest BCUT2D eigenvalue weighted by molar-refractivity contribution is -0.149. The van der Waals surface area contributed by atoms with Gasteiger partial charge in [-0.2, -0.15) is 5.26 Å².